The Labute approximate surface area is 93.2 Å². The number of hydrogen-bond donors (Lipinski definition) is 1. The summed E-state index contributed by atoms with van der Waals surface area (Å²) < 4.78 is 0. The van der Waals surface area contributed by atoms with Crippen molar-refractivity contribution in [3.8, 4) is 0 Å². The topological polar surface area (TPSA) is 59.6 Å². The minimum absolute atomic E-state index is 0. The van der Waals surface area contributed by atoms with Crippen LogP contribution in [0.25, 0.3) is 5.41 Å². The molecule has 0 atom stereocenters. The zero-order valence-corrected chi connectivity index (χ0v) is 8.30. The predicted octanol–water partition coefficient (Wildman–Crippen LogP) is 2.00. The second kappa shape index (κ2) is 9.69. The summed E-state index contributed by atoms with van der Waals surface area (Å²) in [4.78, 5) is 10.2. The monoisotopic (exact) mass is 234 g/mol. The van der Waals surface area contributed by atoms with Gasteiger partial charge in [-0.15, -0.1) is 0 Å². The summed E-state index contributed by atoms with van der Waals surface area (Å²) >= 11 is 0. The van der Waals surface area contributed by atoms with Gasteiger partial charge in [0.25, 0.3) is 0 Å². The molecule has 0 unspecified atom stereocenters. The molecule has 0 spiro atoms. The Morgan fingerprint density at radius 2 is 1.79 bits per heavy atom. The third kappa shape index (κ3) is 7.27. The number of carboxylic acid groups (broad SMARTS) is 1. The van der Waals surface area contributed by atoms with Gasteiger partial charge < -0.3 is 16.7 Å². The van der Waals surface area contributed by atoms with Crippen LogP contribution >= 0.6 is 0 Å². The van der Waals surface area contributed by atoms with Crippen molar-refractivity contribution in [1.82, 2.24) is 0 Å². The van der Waals surface area contributed by atoms with Crippen LogP contribution in [0.15, 0.2) is 36.4 Å². The summed E-state index contributed by atoms with van der Waals surface area (Å²) in [6, 6.07) is 8.30. The number of hydrogen-bond acceptors (Lipinski definition) is 1. The van der Waals surface area contributed by atoms with E-state index in [0.29, 0.717) is 5.56 Å². The summed E-state index contributed by atoms with van der Waals surface area (Å²) in [5.41, 5.74) is 0.331. The van der Waals surface area contributed by atoms with E-state index in [1.54, 1.807) is 30.3 Å². The summed E-state index contributed by atoms with van der Waals surface area (Å²) in [7, 11) is 0. The number of allylic oxidation sites excluding steroid dienone is 1. The van der Waals surface area contributed by atoms with Gasteiger partial charge in [0.05, 0.1) is 5.56 Å². The van der Waals surface area contributed by atoms with E-state index < -0.39 is 5.97 Å². The average Bonchev–Trinajstić information content (AvgIpc) is 2.19. The smallest absolute Gasteiger partial charge is 0.911 e. The first kappa shape index (κ1) is 15.1. The van der Waals surface area contributed by atoms with Crippen LogP contribution in [0.5, 0.6) is 0 Å². The second-order valence-electron chi connectivity index (χ2n) is 2.01. The quantitative estimate of drug-likeness (QED) is 0.628. The standard InChI is InChI=1S/C7H6O2.C3H3N.Co/c8-7(9)6-4-2-1-3-5-6;1-2-3-4;/h1-5H,(H,8,9);1-3H;/q;-2;+2. The maximum absolute atomic E-state index is 10.2. The molecule has 0 aliphatic rings. The summed E-state index contributed by atoms with van der Waals surface area (Å²) in [6.45, 7) is 4.60. The maximum Gasteiger partial charge on any atom is 2.00 e. The van der Waals surface area contributed by atoms with Gasteiger partial charge in [-0.3, -0.25) is 12.7 Å². The second-order valence-corrected chi connectivity index (χ2v) is 2.01. The molecule has 1 N–H and O–H groups in total. The molecule has 0 fully saturated rings. The van der Waals surface area contributed by atoms with Crippen molar-refractivity contribution in [2.45, 2.75) is 0 Å². The van der Waals surface area contributed by atoms with Gasteiger partial charge in [-0.2, -0.15) is 0 Å². The van der Waals surface area contributed by atoms with Crippen LogP contribution in [0.3, 0.4) is 0 Å². The fourth-order valence-corrected chi connectivity index (χ4v) is 0.581. The first-order valence-corrected chi connectivity index (χ1v) is 3.51. The van der Waals surface area contributed by atoms with Gasteiger partial charge >= 0.3 is 22.7 Å². The van der Waals surface area contributed by atoms with Crippen LogP contribution in [-0.4, -0.2) is 17.3 Å². The van der Waals surface area contributed by atoms with Gasteiger partial charge in [-0.25, -0.2) is 4.79 Å². The van der Waals surface area contributed by atoms with Crippen molar-refractivity contribution in [2.24, 2.45) is 0 Å². The number of benzene rings is 1. The predicted molar refractivity (Wildman–Crippen MR) is 51.7 cm³/mol. The fourth-order valence-electron chi connectivity index (χ4n) is 0.581. The van der Waals surface area contributed by atoms with E-state index in [0.717, 1.165) is 12.3 Å². The van der Waals surface area contributed by atoms with Gasteiger partial charge in [-0.05, 0) is 12.1 Å². The van der Waals surface area contributed by atoms with Gasteiger partial charge in [0.15, 0.2) is 0 Å². The van der Waals surface area contributed by atoms with Crippen molar-refractivity contribution in [2.75, 3.05) is 0 Å². The van der Waals surface area contributed by atoms with E-state index in [1.807, 2.05) is 0 Å². The molecule has 14 heavy (non-hydrogen) atoms. The molecule has 4 heteroatoms. The Morgan fingerprint density at radius 3 is 2.00 bits per heavy atom. The van der Waals surface area contributed by atoms with Crippen LogP contribution in [0.1, 0.15) is 10.4 Å². The first-order chi connectivity index (χ1) is 6.22. The zero-order valence-electron chi connectivity index (χ0n) is 7.25. The summed E-state index contributed by atoms with van der Waals surface area (Å²) in [5.74, 6) is -0.879. The number of carbonyl (C=O) groups is 1. The minimum Gasteiger partial charge on any atom is -0.911 e. The van der Waals surface area contributed by atoms with Crippen LogP contribution < -0.4 is 0 Å². The molecule has 0 aliphatic heterocycles. The molecule has 1 radical (unpaired) electrons. The molecule has 0 bridgehead atoms. The zero-order chi connectivity index (χ0) is 10.1. The average molecular weight is 234 g/mol. The molecule has 1 aromatic rings. The third-order valence-corrected chi connectivity index (χ3v) is 1.11. The summed E-state index contributed by atoms with van der Waals surface area (Å²) in [6.07, 6.45) is 1.83. The van der Waals surface area contributed by atoms with Crippen molar-refractivity contribution >= 4 is 12.2 Å². The molecule has 0 heterocycles. The molecule has 0 aromatic heterocycles. The molecule has 0 amide bonds. The Morgan fingerprint density at radius 1 is 1.36 bits per heavy atom. The number of aromatic carboxylic acids is 1. The summed E-state index contributed by atoms with van der Waals surface area (Å²) in [5, 5.41) is 16.0. The van der Waals surface area contributed by atoms with Gasteiger partial charge in [-0.1, -0.05) is 18.2 Å². The van der Waals surface area contributed by atoms with Gasteiger partial charge in [0, 0.05) is 0 Å². The number of rotatable bonds is 2. The van der Waals surface area contributed by atoms with Crippen LogP contribution in [0.4, 0.5) is 0 Å². The first-order valence-electron chi connectivity index (χ1n) is 3.51. The van der Waals surface area contributed by atoms with Crippen molar-refractivity contribution in [1.29, 1.82) is 0 Å². The Balaban J connectivity index is 0. The maximum atomic E-state index is 10.2. The fraction of sp³-hybridized carbons (Fsp3) is 0. The van der Waals surface area contributed by atoms with Crippen LogP contribution in [0.2, 0.25) is 0 Å². The molecule has 0 saturated carbocycles. The van der Waals surface area contributed by atoms with Gasteiger partial charge in [0.1, 0.15) is 0 Å². The van der Waals surface area contributed by atoms with E-state index in [-0.39, 0.29) is 16.8 Å². The van der Waals surface area contributed by atoms with Crippen molar-refractivity contribution < 1.29 is 26.7 Å². The van der Waals surface area contributed by atoms with Crippen LogP contribution in [0, 0.1) is 6.58 Å². The van der Waals surface area contributed by atoms with E-state index in [2.05, 4.69) is 6.58 Å². The Hall–Kier alpha value is -1.39. The Bertz CT molecular complexity index is 279. The molecule has 3 nitrogen and oxygen atoms in total. The molecule has 0 saturated heterocycles. The molecule has 0 aliphatic carbocycles. The third-order valence-electron chi connectivity index (χ3n) is 1.11. The normalized spacial score (nSPS) is 7.14. The van der Waals surface area contributed by atoms with E-state index in [4.69, 9.17) is 10.5 Å². The van der Waals surface area contributed by atoms with E-state index >= 15 is 0 Å². The molecule has 1 rings (SSSR count). The largest absolute Gasteiger partial charge is 2.00 e. The molecular formula is C10H9CoNO2. The van der Waals surface area contributed by atoms with Crippen molar-refractivity contribution in [3.05, 3.63) is 54.0 Å². The van der Waals surface area contributed by atoms with E-state index in [1.165, 1.54) is 0 Å². The number of carboxylic acids is 1. The SMILES string of the molecule is O=C(O)c1ccccc1.[CH-]=CC=[N-].[Co+2]. The molecule has 75 valence electrons. The molecular weight excluding hydrogens is 225 g/mol. The molecule has 1 aromatic carbocycles. The minimum atomic E-state index is -0.879. The van der Waals surface area contributed by atoms with Gasteiger partial charge in [0.2, 0.25) is 0 Å². The van der Waals surface area contributed by atoms with E-state index in [9.17, 15) is 4.79 Å². The number of nitrogens with zero attached hydrogens (tertiary/aromatic N) is 1. The van der Waals surface area contributed by atoms with Crippen molar-refractivity contribution in [3.63, 3.8) is 0 Å². The Kier molecular flexibility index (Phi) is 10.5. The van der Waals surface area contributed by atoms with Crippen LogP contribution in [-0.2, 0) is 16.8 Å².